The van der Waals surface area contributed by atoms with Gasteiger partial charge in [0.05, 0.1) is 22.2 Å². The first-order valence-electron chi connectivity index (χ1n) is 7.83. The van der Waals surface area contributed by atoms with Crippen molar-refractivity contribution >= 4 is 18.3 Å². The average Bonchev–Trinajstić information content (AvgIpc) is 2.72. The van der Waals surface area contributed by atoms with E-state index in [-0.39, 0.29) is 12.5 Å². The van der Waals surface area contributed by atoms with E-state index >= 15 is 0 Å². The quantitative estimate of drug-likeness (QED) is 0.344. The molecule has 1 saturated heterocycles. The summed E-state index contributed by atoms with van der Waals surface area (Å²) in [5, 5.41) is 11.1. The van der Waals surface area contributed by atoms with Gasteiger partial charge in [0.1, 0.15) is 6.79 Å². The molecule has 132 valence electrons. The van der Waals surface area contributed by atoms with Gasteiger partial charge in [0, 0.05) is 19.2 Å². The van der Waals surface area contributed by atoms with Gasteiger partial charge in [-0.2, -0.15) is 0 Å². The summed E-state index contributed by atoms with van der Waals surface area (Å²) in [6, 6.07) is 4.62. The van der Waals surface area contributed by atoms with Gasteiger partial charge in [0.2, 0.25) is 0 Å². The van der Waals surface area contributed by atoms with E-state index < -0.39 is 29.3 Å². The molecule has 8 heteroatoms. The molecule has 0 aromatic heterocycles. The minimum Gasteiger partial charge on any atom is -0.399 e. The number of rotatable bonds is 6. The molecule has 0 N–H and O–H groups in total. The van der Waals surface area contributed by atoms with Crippen LogP contribution >= 0.6 is 0 Å². The van der Waals surface area contributed by atoms with Gasteiger partial charge in [-0.25, -0.2) is 0 Å². The Morgan fingerprint density at radius 1 is 1.25 bits per heavy atom. The van der Waals surface area contributed by atoms with Gasteiger partial charge in [-0.05, 0) is 45.6 Å². The normalized spacial score (nSPS) is 20.2. The minimum atomic E-state index is -0.612. The van der Waals surface area contributed by atoms with Gasteiger partial charge >= 0.3 is 7.12 Å². The summed E-state index contributed by atoms with van der Waals surface area (Å²) in [6.07, 6.45) is -0.404. The predicted molar refractivity (Wildman–Crippen MR) is 90.2 cm³/mol. The molecule has 0 aliphatic carbocycles. The van der Waals surface area contributed by atoms with Crippen LogP contribution in [0, 0.1) is 10.1 Å². The highest BCUT2D eigenvalue weighted by molar-refractivity contribution is 6.62. The lowest BCUT2D eigenvalue weighted by Crippen LogP contribution is -2.41. The molecular weight excluding hydrogens is 313 g/mol. The molecule has 1 aromatic carbocycles. The summed E-state index contributed by atoms with van der Waals surface area (Å²) in [7, 11) is 0.911. The molecule has 0 amide bonds. The molecule has 1 aliphatic heterocycles. The van der Waals surface area contributed by atoms with Crippen molar-refractivity contribution in [2.45, 2.75) is 51.9 Å². The van der Waals surface area contributed by atoms with Crippen LogP contribution in [0.5, 0.6) is 0 Å². The van der Waals surface area contributed by atoms with Crippen LogP contribution in [0.15, 0.2) is 18.2 Å². The van der Waals surface area contributed by atoms with Crippen LogP contribution in [0.1, 0.15) is 46.3 Å². The van der Waals surface area contributed by atoms with E-state index in [1.165, 1.54) is 19.2 Å². The van der Waals surface area contributed by atoms with Crippen LogP contribution in [-0.4, -0.2) is 37.1 Å². The first kappa shape index (κ1) is 18.9. The Hall–Kier alpha value is -1.48. The summed E-state index contributed by atoms with van der Waals surface area (Å²) >= 11 is 0. The molecule has 1 heterocycles. The first-order valence-corrected chi connectivity index (χ1v) is 7.83. The summed E-state index contributed by atoms with van der Waals surface area (Å²) in [5.74, 6) is 0. The highest BCUT2D eigenvalue weighted by Gasteiger charge is 2.52. The minimum absolute atomic E-state index is 0.00173. The SMILES string of the molecule is COCOC(C)c1cc([N+](=O)[O-])ccc1B1OC(C)(C)C(C)(C)O1. The molecule has 24 heavy (non-hydrogen) atoms. The molecule has 1 aliphatic rings. The van der Waals surface area contributed by atoms with Crippen LogP contribution in [0.25, 0.3) is 0 Å². The maximum atomic E-state index is 11.1. The van der Waals surface area contributed by atoms with E-state index in [1.807, 2.05) is 34.6 Å². The van der Waals surface area contributed by atoms with Crippen molar-refractivity contribution < 1.29 is 23.7 Å². The Morgan fingerprint density at radius 3 is 2.33 bits per heavy atom. The zero-order chi connectivity index (χ0) is 18.1. The largest absolute Gasteiger partial charge is 0.495 e. The summed E-state index contributed by atoms with van der Waals surface area (Å²) in [4.78, 5) is 10.7. The van der Waals surface area contributed by atoms with Crippen molar-refractivity contribution in [3.8, 4) is 0 Å². The van der Waals surface area contributed by atoms with Crippen molar-refractivity contribution in [3.05, 3.63) is 33.9 Å². The molecule has 0 saturated carbocycles. The monoisotopic (exact) mass is 337 g/mol. The number of hydrogen-bond donors (Lipinski definition) is 0. The molecule has 1 fully saturated rings. The van der Waals surface area contributed by atoms with E-state index in [1.54, 1.807) is 6.07 Å². The molecule has 1 aromatic rings. The lowest BCUT2D eigenvalue weighted by molar-refractivity contribution is -0.385. The second kappa shape index (κ2) is 6.80. The van der Waals surface area contributed by atoms with Gasteiger partial charge < -0.3 is 18.8 Å². The second-order valence-electron chi connectivity index (χ2n) is 6.87. The third-order valence-corrected chi connectivity index (χ3v) is 4.66. The zero-order valence-corrected chi connectivity index (χ0v) is 15.0. The maximum absolute atomic E-state index is 11.1. The fourth-order valence-corrected chi connectivity index (χ4v) is 2.47. The topological polar surface area (TPSA) is 80.1 Å². The van der Waals surface area contributed by atoms with Crippen LogP contribution in [-0.2, 0) is 18.8 Å². The maximum Gasteiger partial charge on any atom is 0.495 e. The molecule has 0 radical (unpaired) electrons. The number of nitrogens with zero attached hydrogens (tertiary/aromatic N) is 1. The third-order valence-electron chi connectivity index (χ3n) is 4.66. The number of ether oxygens (including phenoxy) is 2. The lowest BCUT2D eigenvalue weighted by atomic mass is 9.74. The standard InChI is InChI=1S/C16H24BNO6/c1-11(22-10-21-6)13-9-12(18(19)20)7-8-14(13)17-23-15(2,3)16(4,5)24-17/h7-9,11H,10H2,1-6H3. The highest BCUT2D eigenvalue weighted by Crippen LogP contribution is 2.37. The van der Waals surface area contributed by atoms with Crippen LogP contribution in [0.4, 0.5) is 5.69 Å². The van der Waals surface area contributed by atoms with Crippen molar-refractivity contribution in [2.75, 3.05) is 13.9 Å². The summed E-state index contributed by atoms with van der Waals surface area (Å²) in [6.45, 7) is 9.75. The van der Waals surface area contributed by atoms with E-state index in [9.17, 15) is 10.1 Å². The zero-order valence-electron chi connectivity index (χ0n) is 15.0. The van der Waals surface area contributed by atoms with E-state index in [2.05, 4.69) is 0 Å². The Morgan fingerprint density at radius 2 is 1.83 bits per heavy atom. The number of methoxy groups -OCH3 is 1. The Kier molecular flexibility index (Phi) is 5.34. The van der Waals surface area contributed by atoms with E-state index in [4.69, 9.17) is 18.8 Å². The Bertz CT molecular complexity index is 603. The summed E-state index contributed by atoms with van der Waals surface area (Å²) in [5.41, 5.74) is 0.390. The predicted octanol–water partition coefficient (Wildman–Crippen LogP) is 2.58. The number of benzene rings is 1. The van der Waals surface area contributed by atoms with Crippen LogP contribution in [0.2, 0.25) is 0 Å². The van der Waals surface area contributed by atoms with Gasteiger partial charge in [-0.1, -0.05) is 6.07 Å². The average molecular weight is 337 g/mol. The third kappa shape index (κ3) is 3.61. The van der Waals surface area contributed by atoms with Gasteiger partial charge in [-0.3, -0.25) is 10.1 Å². The number of nitro benzene ring substituents is 1. The molecule has 1 atom stereocenters. The van der Waals surface area contributed by atoms with Crippen molar-refractivity contribution in [1.29, 1.82) is 0 Å². The number of nitro groups is 1. The van der Waals surface area contributed by atoms with Crippen LogP contribution < -0.4 is 5.46 Å². The van der Waals surface area contributed by atoms with E-state index in [0.717, 1.165) is 5.46 Å². The molecule has 7 nitrogen and oxygen atoms in total. The van der Waals surface area contributed by atoms with Crippen LogP contribution in [0.3, 0.4) is 0 Å². The van der Waals surface area contributed by atoms with Crippen molar-refractivity contribution in [2.24, 2.45) is 0 Å². The molecule has 1 unspecified atom stereocenters. The molecule has 0 bridgehead atoms. The fourth-order valence-electron chi connectivity index (χ4n) is 2.47. The smallest absolute Gasteiger partial charge is 0.399 e. The molecule has 2 rings (SSSR count). The van der Waals surface area contributed by atoms with Crippen molar-refractivity contribution in [3.63, 3.8) is 0 Å². The molecular formula is C16H24BNO6. The number of hydrogen-bond acceptors (Lipinski definition) is 6. The number of non-ortho nitro benzene ring substituents is 1. The summed E-state index contributed by atoms with van der Waals surface area (Å²) < 4.78 is 22.6. The Balaban J connectivity index is 2.40. The first-order chi connectivity index (χ1) is 11.1. The van der Waals surface area contributed by atoms with E-state index in [0.29, 0.717) is 5.56 Å². The van der Waals surface area contributed by atoms with Gasteiger partial charge in [0.15, 0.2) is 0 Å². The lowest BCUT2D eigenvalue weighted by Gasteiger charge is -2.32. The van der Waals surface area contributed by atoms with Gasteiger partial charge in [-0.15, -0.1) is 0 Å². The Labute approximate surface area is 142 Å². The second-order valence-corrected chi connectivity index (χ2v) is 6.87. The molecule has 0 spiro atoms. The van der Waals surface area contributed by atoms with Gasteiger partial charge in [0.25, 0.3) is 5.69 Å². The highest BCUT2D eigenvalue weighted by atomic mass is 16.7. The fraction of sp³-hybridized carbons (Fsp3) is 0.625. The van der Waals surface area contributed by atoms with Crippen molar-refractivity contribution in [1.82, 2.24) is 0 Å².